The van der Waals surface area contributed by atoms with E-state index in [-0.39, 0.29) is 17.6 Å². The standard InChI is InChI=1S/C18H22N2O3S/c1-20(13-14-7-9-15(24-2)10-8-14)17(21)6-3-11-19-18(22)16-5-4-12-23-16/h4-5,7-10,12H,3,6,11,13H2,1-2H3,(H,19,22). The molecule has 128 valence electrons. The number of hydrogen-bond acceptors (Lipinski definition) is 4. The molecular formula is C18H22N2O3S. The van der Waals surface area contributed by atoms with Crippen molar-refractivity contribution in [2.75, 3.05) is 19.8 Å². The normalized spacial score (nSPS) is 10.4. The van der Waals surface area contributed by atoms with Crippen LogP contribution in [0.15, 0.2) is 52.0 Å². The van der Waals surface area contributed by atoms with Gasteiger partial charge in [-0.25, -0.2) is 0 Å². The highest BCUT2D eigenvalue weighted by Crippen LogP contribution is 2.15. The maximum absolute atomic E-state index is 12.1. The topological polar surface area (TPSA) is 62.6 Å². The molecule has 2 aromatic rings. The minimum Gasteiger partial charge on any atom is -0.459 e. The highest BCUT2D eigenvalue weighted by molar-refractivity contribution is 7.98. The van der Waals surface area contributed by atoms with Gasteiger partial charge in [-0.1, -0.05) is 12.1 Å². The fourth-order valence-electron chi connectivity index (χ4n) is 2.22. The highest BCUT2D eigenvalue weighted by atomic mass is 32.2. The molecular weight excluding hydrogens is 324 g/mol. The van der Waals surface area contributed by atoms with Gasteiger partial charge in [-0.2, -0.15) is 0 Å². The summed E-state index contributed by atoms with van der Waals surface area (Å²) >= 11 is 1.70. The summed E-state index contributed by atoms with van der Waals surface area (Å²) in [5, 5.41) is 2.74. The van der Waals surface area contributed by atoms with Crippen molar-refractivity contribution >= 4 is 23.6 Å². The van der Waals surface area contributed by atoms with Crippen molar-refractivity contribution in [3.63, 3.8) is 0 Å². The van der Waals surface area contributed by atoms with Gasteiger partial charge in [0.2, 0.25) is 5.91 Å². The minimum atomic E-state index is -0.255. The molecule has 6 heteroatoms. The van der Waals surface area contributed by atoms with Crippen molar-refractivity contribution in [3.05, 3.63) is 54.0 Å². The van der Waals surface area contributed by atoms with Gasteiger partial charge in [0, 0.05) is 31.5 Å². The van der Waals surface area contributed by atoms with Gasteiger partial charge in [0.1, 0.15) is 0 Å². The first-order valence-electron chi connectivity index (χ1n) is 7.78. The molecule has 0 aliphatic carbocycles. The molecule has 0 radical (unpaired) electrons. The number of carbonyl (C=O) groups excluding carboxylic acids is 2. The van der Waals surface area contributed by atoms with Crippen molar-refractivity contribution in [2.45, 2.75) is 24.3 Å². The number of hydrogen-bond donors (Lipinski definition) is 1. The van der Waals surface area contributed by atoms with Crippen LogP contribution in [-0.2, 0) is 11.3 Å². The first-order chi connectivity index (χ1) is 11.6. The van der Waals surface area contributed by atoms with Gasteiger partial charge in [0.05, 0.1) is 6.26 Å². The lowest BCUT2D eigenvalue weighted by Crippen LogP contribution is -2.28. The zero-order valence-corrected chi connectivity index (χ0v) is 14.8. The van der Waals surface area contributed by atoms with E-state index in [1.165, 1.54) is 11.2 Å². The fourth-order valence-corrected chi connectivity index (χ4v) is 2.63. The number of amides is 2. The number of thioether (sulfide) groups is 1. The number of benzene rings is 1. The number of carbonyl (C=O) groups is 2. The lowest BCUT2D eigenvalue weighted by molar-refractivity contribution is -0.130. The molecule has 0 bridgehead atoms. The second-order valence-electron chi connectivity index (χ2n) is 5.43. The first-order valence-corrected chi connectivity index (χ1v) is 9.01. The predicted octanol–water partition coefficient (Wildman–Crippen LogP) is 3.17. The third-order valence-electron chi connectivity index (χ3n) is 3.60. The van der Waals surface area contributed by atoms with Gasteiger partial charge in [0.15, 0.2) is 5.76 Å². The summed E-state index contributed by atoms with van der Waals surface area (Å²) in [6.07, 6.45) is 4.49. The lowest BCUT2D eigenvalue weighted by Gasteiger charge is -2.17. The van der Waals surface area contributed by atoms with Crippen molar-refractivity contribution < 1.29 is 14.0 Å². The number of furan rings is 1. The molecule has 1 aromatic carbocycles. The third kappa shape index (κ3) is 5.45. The third-order valence-corrected chi connectivity index (χ3v) is 4.35. The van der Waals surface area contributed by atoms with Crippen LogP contribution in [0.1, 0.15) is 29.0 Å². The summed E-state index contributed by atoms with van der Waals surface area (Å²) in [4.78, 5) is 26.7. The fraction of sp³-hybridized carbons (Fsp3) is 0.333. The van der Waals surface area contributed by atoms with Crippen molar-refractivity contribution in [1.82, 2.24) is 10.2 Å². The Morgan fingerprint density at radius 3 is 2.58 bits per heavy atom. The lowest BCUT2D eigenvalue weighted by atomic mass is 10.2. The zero-order valence-electron chi connectivity index (χ0n) is 14.0. The van der Waals surface area contributed by atoms with Gasteiger partial charge in [-0.3, -0.25) is 9.59 Å². The number of rotatable bonds is 8. The van der Waals surface area contributed by atoms with E-state index >= 15 is 0 Å². The van der Waals surface area contributed by atoms with Crippen LogP contribution in [0.4, 0.5) is 0 Å². The van der Waals surface area contributed by atoms with Gasteiger partial charge < -0.3 is 14.6 Å². The molecule has 24 heavy (non-hydrogen) atoms. The van der Waals surface area contributed by atoms with Gasteiger partial charge in [0.25, 0.3) is 5.91 Å². The van der Waals surface area contributed by atoms with Crippen LogP contribution in [0.2, 0.25) is 0 Å². The number of nitrogens with one attached hydrogen (secondary N) is 1. The Hall–Kier alpha value is -2.21. The molecule has 0 saturated heterocycles. The molecule has 1 aromatic heterocycles. The first kappa shape index (κ1) is 18.1. The molecule has 0 aliphatic heterocycles. The van der Waals surface area contributed by atoms with E-state index in [0.29, 0.717) is 25.9 Å². The molecule has 1 N–H and O–H groups in total. The van der Waals surface area contributed by atoms with E-state index in [9.17, 15) is 9.59 Å². The summed E-state index contributed by atoms with van der Waals surface area (Å²) in [5.74, 6) is 0.0954. The average Bonchev–Trinajstić information content (AvgIpc) is 3.13. The zero-order chi connectivity index (χ0) is 17.4. The maximum atomic E-state index is 12.1. The van der Waals surface area contributed by atoms with Gasteiger partial charge >= 0.3 is 0 Å². The van der Waals surface area contributed by atoms with Crippen LogP contribution >= 0.6 is 11.8 Å². The minimum absolute atomic E-state index is 0.0659. The van der Waals surface area contributed by atoms with E-state index < -0.39 is 0 Å². The Morgan fingerprint density at radius 2 is 1.96 bits per heavy atom. The summed E-state index contributed by atoms with van der Waals surface area (Å²) < 4.78 is 5.01. The molecule has 0 saturated carbocycles. The van der Waals surface area contributed by atoms with Crippen molar-refractivity contribution in [2.24, 2.45) is 0 Å². The monoisotopic (exact) mass is 346 g/mol. The largest absolute Gasteiger partial charge is 0.459 e. The van der Waals surface area contributed by atoms with E-state index in [1.54, 1.807) is 35.8 Å². The quantitative estimate of drug-likeness (QED) is 0.589. The SMILES string of the molecule is CSc1ccc(CN(C)C(=O)CCCNC(=O)c2ccco2)cc1. The van der Waals surface area contributed by atoms with Crippen molar-refractivity contribution in [3.8, 4) is 0 Å². The summed E-state index contributed by atoms with van der Waals surface area (Å²) in [7, 11) is 1.80. The Bertz CT molecular complexity index is 653. The molecule has 0 spiro atoms. The average molecular weight is 346 g/mol. The summed E-state index contributed by atoms with van der Waals surface area (Å²) in [6, 6.07) is 11.5. The molecule has 0 fully saturated rings. The van der Waals surface area contributed by atoms with Gasteiger partial charge in [-0.05, 0) is 42.5 Å². The molecule has 0 atom stereocenters. The Morgan fingerprint density at radius 1 is 1.21 bits per heavy atom. The molecule has 2 rings (SSSR count). The van der Waals surface area contributed by atoms with Crippen LogP contribution < -0.4 is 5.32 Å². The number of nitrogens with zero attached hydrogens (tertiary/aromatic N) is 1. The summed E-state index contributed by atoms with van der Waals surface area (Å²) in [6.45, 7) is 1.04. The van der Waals surface area contributed by atoms with Crippen molar-refractivity contribution in [1.29, 1.82) is 0 Å². The van der Waals surface area contributed by atoms with Crippen LogP contribution in [-0.4, -0.2) is 36.6 Å². The van der Waals surface area contributed by atoms with Crippen LogP contribution in [0.3, 0.4) is 0 Å². The molecule has 1 heterocycles. The van der Waals surface area contributed by atoms with Crippen LogP contribution in [0.25, 0.3) is 0 Å². The maximum Gasteiger partial charge on any atom is 0.286 e. The highest BCUT2D eigenvalue weighted by Gasteiger charge is 2.11. The molecule has 0 unspecified atom stereocenters. The van der Waals surface area contributed by atoms with E-state index in [1.807, 2.05) is 18.4 Å². The van der Waals surface area contributed by atoms with E-state index in [4.69, 9.17) is 4.42 Å². The molecule has 2 amide bonds. The molecule has 5 nitrogen and oxygen atoms in total. The van der Waals surface area contributed by atoms with Crippen LogP contribution in [0.5, 0.6) is 0 Å². The summed E-state index contributed by atoms with van der Waals surface area (Å²) in [5.41, 5.74) is 1.11. The Balaban J connectivity index is 1.68. The smallest absolute Gasteiger partial charge is 0.286 e. The Kier molecular flexibility index (Phi) is 6.93. The second kappa shape index (κ2) is 9.17. The van der Waals surface area contributed by atoms with Gasteiger partial charge in [-0.15, -0.1) is 11.8 Å². The predicted molar refractivity (Wildman–Crippen MR) is 95.0 cm³/mol. The second-order valence-corrected chi connectivity index (χ2v) is 6.31. The Labute approximate surface area is 146 Å². The van der Waals surface area contributed by atoms with Crippen LogP contribution in [0, 0.1) is 0 Å². The van der Waals surface area contributed by atoms with E-state index in [2.05, 4.69) is 17.4 Å². The molecule has 0 aliphatic rings. The van der Waals surface area contributed by atoms with E-state index in [0.717, 1.165) is 5.56 Å².